The second-order valence-corrected chi connectivity index (χ2v) is 4.62. The highest BCUT2D eigenvalue weighted by Crippen LogP contribution is 2.15. The molecule has 1 aromatic rings. The highest BCUT2D eigenvalue weighted by Gasteiger charge is 2.12. The van der Waals surface area contributed by atoms with Crippen molar-refractivity contribution in [2.24, 2.45) is 5.73 Å². The van der Waals surface area contributed by atoms with Gasteiger partial charge in [0.2, 0.25) is 5.91 Å². The fraction of sp³-hybridized carbons (Fsp3) is 0.462. The normalized spacial score (nSPS) is 12.2. The number of carbonyl (C=O) groups is 1. The number of carbonyl (C=O) groups excluding carboxylic acids is 1. The monoisotopic (exact) mass is 272 g/mol. The van der Waals surface area contributed by atoms with Crippen LogP contribution in [-0.2, 0) is 11.3 Å². The number of hydrogen-bond donors (Lipinski definition) is 2. The molecule has 5 heteroatoms. The predicted octanol–water partition coefficient (Wildman–Crippen LogP) is 2.61. The van der Waals surface area contributed by atoms with Crippen LogP contribution in [0.3, 0.4) is 0 Å². The molecule has 100 valence electrons. The van der Waals surface area contributed by atoms with Crippen molar-refractivity contribution >= 4 is 17.5 Å². The molecule has 0 heterocycles. The average Bonchev–Trinajstić information content (AvgIpc) is 2.36. The molecule has 1 aromatic carbocycles. The van der Waals surface area contributed by atoms with Gasteiger partial charge in [-0.25, -0.2) is 4.39 Å². The summed E-state index contributed by atoms with van der Waals surface area (Å²) >= 11 is 5.65. The first-order chi connectivity index (χ1) is 8.54. The van der Waals surface area contributed by atoms with Gasteiger partial charge in [0.15, 0.2) is 0 Å². The summed E-state index contributed by atoms with van der Waals surface area (Å²) in [5, 5.41) is 2.76. The van der Waals surface area contributed by atoms with Crippen molar-refractivity contribution in [1.82, 2.24) is 5.32 Å². The SMILES string of the molecule is CCCCC(N)C(=O)NCc1ccc(F)c(Cl)c1. The second kappa shape index (κ2) is 7.34. The number of rotatable bonds is 6. The fourth-order valence-electron chi connectivity index (χ4n) is 1.52. The van der Waals surface area contributed by atoms with Crippen LogP contribution in [0.1, 0.15) is 31.7 Å². The number of unbranched alkanes of at least 4 members (excludes halogenated alkanes) is 1. The zero-order valence-corrected chi connectivity index (χ0v) is 11.1. The van der Waals surface area contributed by atoms with E-state index in [1.54, 1.807) is 6.07 Å². The molecular weight excluding hydrogens is 255 g/mol. The fourth-order valence-corrected chi connectivity index (χ4v) is 1.73. The molecule has 0 aromatic heterocycles. The van der Waals surface area contributed by atoms with Crippen LogP contribution in [0, 0.1) is 5.82 Å². The van der Waals surface area contributed by atoms with Crippen molar-refractivity contribution in [1.29, 1.82) is 0 Å². The van der Waals surface area contributed by atoms with Crippen LogP contribution in [0.15, 0.2) is 18.2 Å². The minimum atomic E-state index is -0.485. The Labute approximate surface area is 112 Å². The molecule has 18 heavy (non-hydrogen) atoms. The summed E-state index contributed by atoms with van der Waals surface area (Å²) in [6.07, 6.45) is 2.61. The largest absolute Gasteiger partial charge is 0.351 e. The van der Waals surface area contributed by atoms with Gasteiger partial charge in [0.25, 0.3) is 0 Å². The molecule has 3 nitrogen and oxygen atoms in total. The smallest absolute Gasteiger partial charge is 0.237 e. The summed E-state index contributed by atoms with van der Waals surface area (Å²) in [6.45, 7) is 2.35. The van der Waals surface area contributed by atoms with Gasteiger partial charge in [-0.15, -0.1) is 0 Å². The van der Waals surface area contributed by atoms with Crippen LogP contribution in [0.5, 0.6) is 0 Å². The van der Waals surface area contributed by atoms with Crippen LogP contribution in [-0.4, -0.2) is 11.9 Å². The molecule has 1 rings (SSSR count). The lowest BCUT2D eigenvalue weighted by molar-refractivity contribution is -0.122. The molecular formula is C13H18ClFN2O. The Morgan fingerprint density at radius 3 is 2.89 bits per heavy atom. The first-order valence-electron chi connectivity index (χ1n) is 6.01. The zero-order chi connectivity index (χ0) is 13.5. The molecule has 0 spiro atoms. The molecule has 0 radical (unpaired) electrons. The Kier molecular flexibility index (Phi) is 6.09. The molecule has 0 aliphatic heterocycles. The Balaban J connectivity index is 2.44. The van der Waals surface area contributed by atoms with Gasteiger partial charge in [-0.2, -0.15) is 0 Å². The highest BCUT2D eigenvalue weighted by atomic mass is 35.5. The zero-order valence-electron chi connectivity index (χ0n) is 10.4. The van der Waals surface area contributed by atoms with Gasteiger partial charge in [-0.05, 0) is 24.1 Å². The molecule has 1 atom stereocenters. The Bertz CT molecular complexity index is 412. The Morgan fingerprint density at radius 1 is 1.56 bits per heavy atom. The Morgan fingerprint density at radius 2 is 2.28 bits per heavy atom. The van der Waals surface area contributed by atoms with E-state index in [-0.39, 0.29) is 10.9 Å². The summed E-state index contributed by atoms with van der Waals surface area (Å²) in [7, 11) is 0. The first-order valence-corrected chi connectivity index (χ1v) is 6.39. The van der Waals surface area contributed by atoms with Gasteiger partial charge < -0.3 is 11.1 Å². The average molecular weight is 273 g/mol. The minimum Gasteiger partial charge on any atom is -0.351 e. The number of halogens is 2. The third-order valence-electron chi connectivity index (χ3n) is 2.66. The lowest BCUT2D eigenvalue weighted by Gasteiger charge is -2.11. The maximum absolute atomic E-state index is 12.9. The van der Waals surface area contributed by atoms with Crippen LogP contribution in [0.25, 0.3) is 0 Å². The lowest BCUT2D eigenvalue weighted by Crippen LogP contribution is -2.40. The minimum absolute atomic E-state index is 0.0528. The Hall–Kier alpha value is -1.13. The maximum Gasteiger partial charge on any atom is 0.237 e. The number of hydrogen-bond acceptors (Lipinski definition) is 2. The summed E-state index contributed by atoms with van der Waals surface area (Å²) in [4.78, 5) is 11.6. The van der Waals surface area contributed by atoms with E-state index in [9.17, 15) is 9.18 Å². The van der Waals surface area contributed by atoms with E-state index in [2.05, 4.69) is 5.32 Å². The van der Waals surface area contributed by atoms with Gasteiger partial charge in [0.05, 0.1) is 11.1 Å². The van der Waals surface area contributed by atoms with Crippen LogP contribution in [0.4, 0.5) is 4.39 Å². The quantitative estimate of drug-likeness (QED) is 0.836. The van der Waals surface area contributed by atoms with Crippen molar-refractivity contribution in [3.8, 4) is 0 Å². The molecule has 1 unspecified atom stereocenters. The summed E-state index contributed by atoms with van der Waals surface area (Å²) in [6, 6.07) is 3.87. The number of benzene rings is 1. The number of amides is 1. The molecule has 1 amide bonds. The van der Waals surface area contributed by atoms with Crippen LogP contribution >= 0.6 is 11.6 Å². The standard InChI is InChI=1S/C13H18ClFN2O/c1-2-3-4-12(16)13(18)17-8-9-5-6-11(15)10(14)7-9/h5-7,12H,2-4,8,16H2,1H3,(H,17,18). The molecule has 3 N–H and O–H groups in total. The highest BCUT2D eigenvalue weighted by molar-refractivity contribution is 6.30. The van der Waals surface area contributed by atoms with E-state index in [0.717, 1.165) is 18.4 Å². The van der Waals surface area contributed by atoms with E-state index in [1.807, 2.05) is 6.92 Å². The summed E-state index contributed by atoms with van der Waals surface area (Å²) in [5.41, 5.74) is 6.47. The van der Waals surface area contributed by atoms with E-state index in [0.29, 0.717) is 13.0 Å². The van der Waals surface area contributed by atoms with Gasteiger partial charge in [0, 0.05) is 6.54 Å². The topological polar surface area (TPSA) is 55.1 Å². The van der Waals surface area contributed by atoms with Crippen LogP contribution < -0.4 is 11.1 Å². The summed E-state index contributed by atoms with van der Waals surface area (Å²) in [5.74, 6) is -0.657. The van der Waals surface area contributed by atoms with Gasteiger partial charge in [-0.1, -0.05) is 37.4 Å². The second-order valence-electron chi connectivity index (χ2n) is 4.21. The van der Waals surface area contributed by atoms with Gasteiger partial charge in [0.1, 0.15) is 5.82 Å². The lowest BCUT2D eigenvalue weighted by atomic mass is 10.1. The third kappa shape index (κ3) is 4.63. The number of nitrogens with two attached hydrogens (primary N) is 1. The summed E-state index contributed by atoms with van der Waals surface area (Å²) < 4.78 is 12.9. The van der Waals surface area contributed by atoms with Crippen LogP contribution in [0.2, 0.25) is 5.02 Å². The van der Waals surface area contributed by atoms with Crippen molar-refractivity contribution in [3.63, 3.8) is 0 Å². The third-order valence-corrected chi connectivity index (χ3v) is 2.95. The molecule has 0 fully saturated rings. The van der Waals surface area contributed by atoms with Crippen molar-refractivity contribution < 1.29 is 9.18 Å². The molecule has 0 aliphatic carbocycles. The van der Waals surface area contributed by atoms with Gasteiger partial charge >= 0.3 is 0 Å². The molecule has 0 saturated heterocycles. The molecule has 0 bridgehead atoms. The molecule has 0 aliphatic rings. The van der Waals surface area contributed by atoms with Gasteiger partial charge in [-0.3, -0.25) is 4.79 Å². The maximum atomic E-state index is 12.9. The van der Waals surface area contributed by atoms with E-state index >= 15 is 0 Å². The first kappa shape index (κ1) is 14.9. The van der Waals surface area contributed by atoms with Crippen molar-refractivity contribution in [3.05, 3.63) is 34.6 Å². The molecule has 0 saturated carbocycles. The van der Waals surface area contributed by atoms with Crippen molar-refractivity contribution in [2.75, 3.05) is 0 Å². The number of nitrogens with one attached hydrogen (secondary N) is 1. The predicted molar refractivity (Wildman–Crippen MR) is 70.8 cm³/mol. The van der Waals surface area contributed by atoms with Crippen molar-refractivity contribution in [2.45, 2.75) is 38.8 Å². The van der Waals surface area contributed by atoms with E-state index in [4.69, 9.17) is 17.3 Å². The van der Waals surface area contributed by atoms with E-state index in [1.165, 1.54) is 12.1 Å². The van der Waals surface area contributed by atoms with E-state index < -0.39 is 11.9 Å².